The van der Waals surface area contributed by atoms with E-state index >= 15 is 0 Å². The molecule has 1 aromatic heterocycles. The summed E-state index contributed by atoms with van der Waals surface area (Å²) in [5.74, 6) is 0.435. The van der Waals surface area contributed by atoms with Gasteiger partial charge in [-0.25, -0.2) is 9.37 Å². The molecule has 0 atom stereocenters. The summed E-state index contributed by atoms with van der Waals surface area (Å²) in [5.41, 5.74) is 2.00. The quantitative estimate of drug-likeness (QED) is 0.917. The number of halogens is 1. The molecule has 0 radical (unpaired) electrons. The van der Waals surface area contributed by atoms with E-state index in [0.717, 1.165) is 5.56 Å². The summed E-state index contributed by atoms with van der Waals surface area (Å²) in [4.78, 5) is 6.06. The average Bonchev–Trinajstić information content (AvgIpc) is 2.48. The molecule has 4 nitrogen and oxygen atoms in total. The molecule has 0 amide bonds. The Labute approximate surface area is 123 Å². The number of rotatable bonds is 5. The zero-order valence-corrected chi connectivity index (χ0v) is 12.1. The molecule has 0 saturated carbocycles. The summed E-state index contributed by atoms with van der Waals surface area (Å²) in [5, 5.41) is 11.9. The van der Waals surface area contributed by atoms with Crippen molar-refractivity contribution in [2.75, 3.05) is 19.4 Å². The Hall–Kier alpha value is -2.45. The Morgan fingerprint density at radius 2 is 2.10 bits per heavy atom. The van der Waals surface area contributed by atoms with Crippen molar-refractivity contribution in [3.8, 4) is 6.07 Å². The lowest BCUT2D eigenvalue weighted by atomic mass is 10.1. The van der Waals surface area contributed by atoms with Crippen LogP contribution in [0, 0.1) is 17.1 Å². The first kappa shape index (κ1) is 14.9. The van der Waals surface area contributed by atoms with Crippen molar-refractivity contribution in [1.82, 2.24) is 9.88 Å². The van der Waals surface area contributed by atoms with Crippen LogP contribution in [-0.2, 0) is 13.1 Å². The van der Waals surface area contributed by atoms with Gasteiger partial charge in [-0.1, -0.05) is 12.1 Å². The Morgan fingerprint density at radius 3 is 2.81 bits per heavy atom. The monoisotopic (exact) mass is 284 g/mol. The number of hydrogen-bond acceptors (Lipinski definition) is 4. The molecule has 108 valence electrons. The number of hydrogen-bond donors (Lipinski definition) is 1. The summed E-state index contributed by atoms with van der Waals surface area (Å²) in [6, 6.07) is 12.3. The summed E-state index contributed by atoms with van der Waals surface area (Å²) in [6.07, 6.45) is 0. The largest absolute Gasteiger partial charge is 0.366 e. The van der Waals surface area contributed by atoms with Gasteiger partial charge in [0.15, 0.2) is 0 Å². The second kappa shape index (κ2) is 6.82. The maximum Gasteiger partial charge on any atom is 0.142 e. The molecule has 2 rings (SSSR count). The van der Waals surface area contributed by atoms with E-state index in [9.17, 15) is 4.39 Å². The van der Waals surface area contributed by atoms with E-state index in [0.29, 0.717) is 30.2 Å². The van der Waals surface area contributed by atoms with Crippen LogP contribution in [-0.4, -0.2) is 24.0 Å². The number of benzene rings is 1. The van der Waals surface area contributed by atoms with Gasteiger partial charge in [0.05, 0.1) is 0 Å². The number of pyridine rings is 1. The zero-order valence-electron chi connectivity index (χ0n) is 12.1. The van der Waals surface area contributed by atoms with E-state index in [1.807, 2.05) is 31.1 Å². The van der Waals surface area contributed by atoms with Crippen molar-refractivity contribution in [2.45, 2.75) is 13.1 Å². The maximum absolute atomic E-state index is 13.7. The highest BCUT2D eigenvalue weighted by Gasteiger charge is 2.05. The van der Waals surface area contributed by atoms with Gasteiger partial charge in [-0.05, 0) is 43.9 Å². The van der Waals surface area contributed by atoms with Crippen molar-refractivity contribution in [2.24, 2.45) is 0 Å². The molecule has 0 aliphatic carbocycles. The van der Waals surface area contributed by atoms with E-state index in [1.54, 1.807) is 24.3 Å². The number of nitrogens with zero attached hydrogens (tertiary/aromatic N) is 3. The topological polar surface area (TPSA) is 52.0 Å². The van der Waals surface area contributed by atoms with Gasteiger partial charge >= 0.3 is 0 Å². The Bertz CT molecular complexity index is 662. The SMILES string of the molecule is CN(C)Cc1cc(CNc2cccc(C#N)n2)ccc1F. The molecule has 0 spiro atoms. The first-order chi connectivity index (χ1) is 10.1. The minimum absolute atomic E-state index is 0.197. The van der Waals surface area contributed by atoms with Gasteiger partial charge in [0, 0.05) is 18.7 Å². The van der Waals surface area contributed by atoms with E-state index in [2.05, 4.69) is 10.3 Å². The maximum atomic E-state index is 13.7. The summed E-state index contributed by atoms with van der Waals surface area (Å²) in [6.45, 7) is 1.09. The fraction of sp³-hybridized carbons (Fsp3) is 0.250. The molecule has 0 unspecified atom stereocenters. The van der Waals surface area contributed by atoms with Gasteiger partial charge < -0.3 is 10.2 Å². The van der Waals surface area contributed by atoms with Crippen molar-refractivity contribution in [1.29, 1.82) is 5.26 Å². The van der Waals surface area contributed by atoms with Crippen LogP contribution in [0.2, 0.25) is 0 Å². The predicted octanol–water partition coefficient (Wildman–Crippen LogP) is 2.77. The third kappa shape index (κ3) is 4.26. The molecule has 0 aliphatic heterocycles. The summed E-state index contributed by atoms with van der Waals surface area (Å²) in [7, 11) is 3.81. The van der Waals surface area contributed by atoms with Gasteiger partial charge in [0.1, 0.15) is 23.4 Å². The first-order valence-corrected chi connectivity index (χ1v) is 6.61. The lowest BCUT2D eigenvalue weighted by molar-refractivity contribution is 0.392. The fourth-order valence-corrected chi connectivity index (χ4v) is 1.99. The van der Waals surface area contributed by atoms with Crippen LogP contribution in [0.1, 0.15) is 16.8 Å². The minimum Gasteiger partial charge on any atom is -0.366 e. The fourth-order valence-electron chi connectivity index (χ4n) is 1.99. The molecular weight excluding hydrogens is 267 g/mol. The van der Waals surface area contributed by atoms with Gasteiger partial charge in [-0.3, -0.25) is 0 Å². The van der Waals surface area contributed by atoms with E-state index in [1.165, 1.54) is 6.07 Å². The lowest BCUT2D eigenvalue weighted by Crippen LogP contribution is -2.12. The van der Waals surface area contributed by atoms with Gasteiger partial charge in [-0.2, -0.15) is 5.26 Å². The van der Waals surface area contributed by atoms with Crippen LogP contribution in [0.25, 0.3) is 0 Å². The minimum atomic E-state index is -0.197. The smallest absolute Gasteiger partial charge is 0.142 e. The lowest BCUT2D eigenvalue weighted by Gasteiger charge is -2.12. The van der Waals surface area contributed by atoms with E-state index in [-0.39, 0.29) is 5.82 Å². The average molecular weight is 284 g/mol. The van der Waals surface area contributed by atoms with E-state index < -0.39 is 0 Å². The van der Waals surface area contributed by atoms with Crippen LogP contribution in [0.3, 0.4) is 0 Å². The molecule has 0 saturated heterocycles. The van der Waals surface area contributed by atoms with Crippen LogP contribution in [0.15, 0.2) is 36.4 Å². The van der Waals surface area contributed by atoms with Crippen LogP contribution in [0.5, 0.6) is 0 Å². The molecule has 0 bridgehead atoms. The summed E-state index contributed by atoms with van der Waals surface area (Å²) >= 11 is 0. The second-order valence-corrected chi connectivity index (χ2v) is 5.04. The molecule has 0 aliphatic rings. The van der Waals surface area contributed by atoms with Crippen molar-refractivity contribution >= 4 is 5.82 Å². The van der Waals surface area contributed by atoms with Crippen molar-refractivity contribution in [3.63, 3.8) is 0 Å². The third-order valence-corrected chi connectivity index (χ3v) is 2.93. The highest BCUT2D eigenvalue weighted by Crippen LogP contribution is 2.14. The number of anilines is 1. The molecule has 21 heavy (non-hydrogen) atoms. The molecular formula is C16H17FN4. The van der Waals surface area contributed by atoms with Gasteiger partial charge in [0.2, 0.25) is 0 Å². The number of nitrogens with one attached hydrogen (secondary N) is 1. The molecule has 0 fully saturated rings. The van der Waals surface area contributed by atoms with Crippen molar-refractivity contribution in [3.05, 3.63) is 59.0 Å². The zero-order chi connectivity index (χ0) is 15.2. The second-order valence-electron chi connectivity index (χ2n) is 5.04. The Kier molecular flexibility index (Phi) is 4.85. The Balaban J connectivity index is 2.07. The molecule has 1 N–H and O–H groups in total. The molecule has 1 aromatic carbocycles. The molecule has 2 aromatic rings. The highest BCUT2D eigenvalue weighted by atomic mass is 19.1. The normalized spacial score (nSPS) is 10.4. The van der Waals surface area contributed by atoms with Crippen LogP contribution in [0.4, 0.5) is 10.2 Å². The standard InChI is InChI=1S/C16H17FN4/c1-21(2)11-13-8-12(6-7-15(13)17)10-19-16-5-3-4-14(9-18)20-16/h3-8H,10-11H2,1-2H3,(H,19,20). The predicted molar refractivity (Wildman–Crippen MR) is 80.1 cm³/mol. The number of nitriles is 1. The van der Waals surface area contributed by atoms with Gasteiger partial charge in [-0.15, -0.1) is 0 Å². The molecule has 1 heterocycles. The summed E-state index contributed by atoms with van der Waals surface area (Å²) < 4.78 is 13.7. The van der Waals surface area contributed by atoms with E-state index in [4.69, 9.17) is 5.26 Å². The number of aromatic nitrogens is 1. The first-order valence-electron chi connectivity index (χ1n) is 6.61. The third-order valence-electron chi connectivity index (χ3n) is 2.93. The Morgan fingerprint density at radius 1 is 1.29 bits per heavy atom. The van der Waals surface area contributed by atoms with Crippen LogP contribution < -0.4 is 5.32 Å². The van der Waals surface area contributed by atoms with Gasteiger partial charge in [0.25, 0.3) is 0 Å². The van der Waals surface area contributed by atoms with Crippen LogP contribution >= 0.6 is 0 Å². The highest BCUT2D eigenvalue weighted by molar-refractivity contribution is 5.39. The van der Waals surface area contributed by atoms with Crippen molar-refractivity contribution < 1.29 is 4.39 Å². The molecule has 5 heteroatoms.